The second-order valence-corrected chi connectivity index (χ2v) is 6.34. The van der Waals surface area contributed by atoms with E-state index >= 15 is 0 Å². The van der Waals surface area contributed by atoms with Crippen LogP contribution in [0.4, 0.5) is 4.39 Å². The Kier molecular flexibility index (Phi) is 5.50. The van der Waals surface area contributed by atoms with Crippen molar-refractivity contribution in [2.45, 2.75) is 43.7 Å². The Hall–Kier alpha value is -0.0800. The van der Waals surface area contributed by atoms with Gasteiger partial charge in [0.2, 0.25) is 0 Å². The lowest BCUT2D eigenvalue weighted by Gasteiger charge is -2.28. The maximum absolute atomic E-state index is 12.9. The van der Waals surface area contributed by atoms with Crippen molar-refractivity contribution in [1.82, 2.24) is 0 Å². The third-order valence-corrected chi connectivity index (χ3v) is 4.73. The molecule has 1 atom stereocenters. The Balaban J connectivity index is 1.93. The predicted molar refractivity (Wildman–Crippen MR) is 79.3 cm³/mol. The van der Waals surface area contributed by atoms with Gasteiger partial charge in [-0.2, -0.15) is 0 Å². The maximum atomic E-state index is 12.9. The lowest BCUT2D eigenvalue weighted by atomic mass is 9.78. The van der Waals surface area contributed by atoms with E-state index in [2.05, 4.69) is 15.9 Å². The molecule has 0 radical (unpaired) electrons. The van der Waals surface area contributed by atoms with Crippen molar-refractivity contribution in [1.29, 1.82) is 0 Å². The van der Waals surface area contributed by atoms with E-state index in [0.717, 1.165) is 11.2 Å². The van der Waals surface area contributed by atoms with Crippen molar-refractivity contribution in [3.63, 3.8) is 0 Å². The first-order chi connectivity index (χ1) is 8.70. The lowest BCUT2D eigenvalue weighted by molar-refractivity contribution is 0.321. The SMILES string of the molecule is FC(Cl)c1ccc(C2CCC(CCBr)CC2)cc1. The smallest absolute Gasteiger partial charge is 0.198 e. The van der Waals surface area contributed by atoms with Crippen LogP contribution in [0.1, 0.15) is 54.8 Å². The molecule has 0 spiro atoms. The molecule has 0 aliphatic heterocycles. The van der Waals surface area contributed by atoms with Crippen LogP contribution in [0.5, 0.6) is 0 Å². The number of halogens is 3. The van der Waals surface area contributed by atoms with Crippen LogP contribution in [-0.4, -0.2) is 5.33 Å². The van der Waals surface area contributed by atoms with Gasteiger partial charge in [0.1, 0.15) is 0 Å². The molecule has 1 aromatic carbocycles. The van der Waals surface area contributed by atoms with Crippen molar-refractivity contribution < 1.29 is 4.39 Å². The average Bonchev–Trinajstić information content (AvgIpc) is 2.40. The molecule has 0 nitrogen and oxygen atoms in total. The molecule has 0 N–H and O–H groups in total. The summed E-state index contributed by atoms with van der Waals surface area (Å²) in [6, 6.07) is 7.72. The van der Waals surface area contributed by atoms with Gasteiger partial charge in [-0.05, 0) is 49.5 Å². The summed E-state index contributed by atoms with van der Waals surface area (Å²) in [5.74, 6) is 1.54. The first-order valence-corrected chi connectivity index (χ1v) is 8.20. The third kappa shape index (κ3) is 3.71. The molecule has 1 fully saturated rings. The van der Waals surface area contributed by atoms with Gasteiger partial charge < -0.3 is 0 Å². The molecular formula is C15H19BrClF. The lowest BCUT2D eigenvalue weighted by Crippen LogP contribution is -2.13. The summed E-state index contributed by atoms with van der Waals surface area (Å²) in [6.45, 7) is 0. The Bertz CT molecular complexity index is 355. The van der Waals surface area contributed by atoms with Crippen LogP contribution in [0.25, 0.3) is 0 Å². The molecule has 0 amide bonds. The monoisotopic (exact) mass is 332 g/mol. The first-order valence-electron chi connectivity index (χ1n) is 6.64. The first kappa shape index (κ1) is 14.3. The Labute approximate surface area is 122 Å². The minimum absolute atomic E-state index is 0.563. The van der Waals surface area contributed by atoms with Crippen molar-refractivity contribution in [3.05, 3.63) is 35.4 Å². The van der Waals surface area contributed by atoms with E-state index in [9.17, 15) is 4.39 Å². The molecule has 1 aliphatic rings. The van der Waals surface area contributed by atoms with Gasteiger partial charge in [0.15, 0.2) is 5.63 Å². The molecule has 2 rings (SSSR count). The van der Waals surface area contributed by atoms with Gasteiger partial charge >= 0.3 is 0 Å². The second kappa shape index (κ2) is 6.91. The summed E-state index contributed by atoms with van der Waals surface area (Å²) >= 11 is 8.94. The maximum Gasteiger partial charge on any atom is 0.198 e. The zero-order valence-electron chi connectivity index (χ0n) is 10.4. The number of hydrogen-bond donors (Lipinski definition) is 0. The molecule has 0 aromatic heterocycles. The number of rotatable bonds is 4. The second-order valence-electron chi connectivity index (χ2n) is 5.16. The Morgan fingerprint density at radius 2 is 1.78 bits per heavy atom. The van der Waals surface area contributed by atoms with E-state index in [1.807, 2.05) is 24.3 Å². The molecule has 1 aliphatic carbocycles. The highest BCUT2D eigenvalue weighted by atomic mass is 79.9. The van der Waals surface area contributed by atoms with Crippen LogP contribution in [0.15, 0.2) is 24.3 Å². The molecule has 0 bridgehead atoms. The van der Waals surface area contributed by atoms with Gasteiger partial charge in [-0.25, -0.2) is 4.39 Å². The van der Waals surface area contributed by atoms with Crippen molar-refractivity contribution in [2.24, 2.45) is 5.92 Å². The Morgan fingerprint density at radius 3 is 2.28 bits per heavy atom. The van der Waals surface area contributed by atoms with Gasteiger partial charge in [-0.15, -0.1) is 0 Å². The van der Waals surface area contributed by atoms with Crippen LogP contribution >= 0.6 is 27.5 Å². The van der Waals surface area contributed by atoms with Gasteiger partial charge in [0, 0.05) is 10.9 Å². The molecule has 18 heavy (non-hydrogen) atoms. The van der Waals surface area contributed by atoms with E-state index in [1.54, 1.807) is 0 Å². The predicted octanol–water partition coefficient (Wildman–Crippen LogP) is 5.95. The van der Waals surface area contributed by atoms with Crippen LogP contribution in [0.3, 0.4) is 0 Å². The van der Waals surface area contributed by atoms with E-state index in [0.29, 0.717) is 11.5 Å². The summed E-state index contributed by atoms with van der Waals surface area (Å²) in [7, 11) is 0. The van der Waals surface area contributed by atoms with E-state index in [4.69, 9.17) is 11.6 Å². The fourth-order valence-electron chi connectivity index (χ4n) is 2.85. The largest absolute Gasteiger partial charge is 0.225 e. The molecule has 1 saturated carbocycles. The number of hydrogen-bond acceptors (Lipinski definition) is 0. The third-order valence-electron chi connectivity index (χ3n) is 4.02. The Morgan fingerprint density at radius 1 is 1.17 bits per heavy atom. The molecular weight excluding hydrogens is 315 g/mol. The topological polar surface area (TPSA) is 0 Å². The highest BCUT2D eigenvalue weighted by molar-refractivity contribution is 9.09. The van der Waals surface area contributed by atoms with E-state index < -0.39 is 5.63 Å². The fraction of sp³-hybridized carbons (Fsp3) is 0.600. The van der Waals surface area contributed by atoms with E-state index in [-0.39, 0.29) is 0 Å². The summed E-state index contributed by atoms with van der Waals surface area (Å²) in [4.78, 5) is 0. The number of alkyl halides is 3. The van der Waals surface area contributed by atoms with Crippen molar-refractivity contribution in [3.8, 4) is 0 Å². The zero-order valence-corrected chi connectivity index (χ0v) is 12.8. The summed E-state index contributed by atoms with van der Waals surface area (Å²) in [6.07, 6.45) is 6.45. The standard InChI is InChI=1S/C15H19BrClF/c16-10-9-11-1-3-12(4-2-11)13-5-7-14(8-6-13)15(17)18/h5-8,11-12,15H,1-4,9-10H2. The highest BCUT2D eigenvalue weighted by Crippen LogP contribution is 2.37. The summed E-state index contributed by atoms with van der Waals surface area (Å²) in [5, 5.41) is 1.12. The molecule has 0 heterocycles. The van der Waals surface area contributed by atoms with Crippen molar-refractivity contribution >= 4 is 27.5 Å². The summed E-state index contributed by atoms with van der Waals surface area (Å²) in [5.41, 5.74) is 0.524. The number of benzene rings is 1. The van der Waals surface area contributed by atoms with E-state index in [1.165, 1.54) is 37.7 Å². The summed E-state index contributed by atoms with van der Waals surface area (Å²) < 4.78 is 12.9. The highest BCUT2D eigenvalue weighted by Gasteiger charge is 2.21. The molecule has 0 saturated heterocycles. The zero-order chi connectivity index (χ0) is 13.0. The van der Waals surface area contributed by atoms with Crippen LogP contribution in [0.2, 0.25) is 0 Å². The van der Waals surface area contributed by atoms with Gasteiger partial charge in [-0.1, -0.05) is 51.8 Å². The van der Waals surface area contributed by atoms with Crippen LogP contribution in [0, 0.1) is 5.92 Å². The van der Waals surface area contributed by atoms with Gasteiger partial charge in [-0.3, -0.25) is 0 Å². The minimum Gasteiger partial charge on any atom is -0.225 e. The van der Waals surface area contributed by atoms with Crippen LogP contribution in [-0.2, 0) is 0 Å². The van der Waals surface area contributed by atoms with Gasteiger partial charge in [0.05, 0.1) is 0 Å². The van der Waals surface area contributed by atoms with Crippen LogP contribution < -0.4 is 0 Å². The quantitative estimate of drug-likeness (QED) is 0.597. The minimum atomic E-state index is -1.38. The molecule has 1 aromatic rings. The van der Waals surface area contributed by atoms with Gasteiger partial charge in [0.25, 0.3) is 0 Å². The fourth-order valence-corrected chi connectivity index (χ4v) is 3.65. The molecule has 100 valence electrons. The normalized spacial score (nSPS) is 25.9. The average molecular weight is 334 g/mol. The molecule has 1 unspecified atom stereocenters. The van der Waals surface area contributed by atoms with Crippen molar-refractivity contribution in [2.75, 3.05) is 5.33 Å². The molecule has 3 heteroatoms.